The Morgan fingerprint density at radius 2 is 1.24 bits per heavy atom. The average molecular weight is 294 g/mol. The quantitative estimate of drug-likeness (QED) is 0.358. The second-order valence-corrected chi connectivity index (χ2v) is 4.99. The van der Waals surface area contributed by atoms with Gasteiger partial charge in [0.1, 0.15) is 4.90 Å². The van der Waals surface area contributed by atoms with Gasteiger partial charge in [-0.05, 0) is 0 Å². The maximum atomic E-state index is 13.0. The van der Waals surface area contributed by atoms with Gasteiger partial charge in [-0.15, -0.1) is 0 Å². The summed E-state index contributed by atoms with van der Waals surface area (Å²) in [5.41, 5.74) is 0. The molecule has 1 N–H and O–H groups in total. The third kappa shape index (κ3) is 2.25. The van der Waals surface area contributed by atoms with Gasteiger partial charge in [0.2, 0.25) is 0 Å². The minimum Gasteiger partial charge on any atom is -0.282 e. The minimum atomic E-state index is -5.58. The summed E-state index contributed by atoms with van der Waals surface area (Å²) in [6, 6.07) is 0. The van der Waals surface area contributed by atoms with E-state index in [1.807, 2.05) is 0 Å². The van der Waals surface area contributed by atoms with Crippen LogP contribution in [0.3, 0.4) is 0 Å². The van der Waals surface area contributed by atoms with Gasteiger partial charge in [-0.3, -0.25) is 4.55 Å². The first-order chi connectivity index (χ1) is 7.59. The highest BCUT2D eigenvalue weighted by atomic mass is 32.2. The molecule has 1 aromatic rings. The standard InChI is InChI=1S/C6H2F4O5S2/c7-1-3(9)6(17(13,14)15)4(10)2(8)5(1)16(11)12/h16H,(H,13,14,15). The van der Waals surface area contributed by atoms with Crippen molar-refractivity contribution < 1.29 is 39.0 Å². The SMILES string of the molecule is O=[SH](=O)c1c(F)c(F)c(S(=O)(=O)O)c(F)c1F. The van der Waals surface area contributed by atoms with E-state index >= 15 is 0 Å². The van der Waals surface area contributed by atoms with Gasteiger partial charge in [-0.25, -0.2) is 26.0 Å². The Morgan fingerprint density at radius 1 is 0.882 bits per heavy atom. The zero-order chi connectivity index (χ0) is 13.5. The summed E-state index contributed by atoms with van der Waals surface area (Å²) in [7, 11) is -9.60. The van der Waals surface area contributed by atoms with Crippen molar-refractivity contribution in [1.29, 1.82) is 0 Å². The molecule has 0 aliphatic rings. The first-order valence-corrected chi connectivity index (χ1v) is 6.18. The lowest BCUT2D eigenvalue weighted by molar-refractivity contribution is 0.381. The topological polar surface area (TPSA) is 88.5 Å². The van der Waals surface area contributed by atoms with Crippen LogP contribution >= 0.6 is 0 Å². The van der Waals surface area contributed by atoms with Gasteiger partial charge in [0.15, 0.2) is 38.9 Å². The summed E-state index contributed by atoms with van der Waals surface area (Å²) in [4.78, 5) is -4.24. The molecule has 1 rings (SSSR count). The van der Waals surface area contributed by atoms with E-state index in [2.05, 4.69) is 0 Å². The van der Waals surface area contributed by atoms with Gasteiger partial charge in [0, 0.05) is 0 Å². The summed E-state index contributed by atoms with van der Waals surface area (Å²) in [6.45, 7) is 0. The number of halogens is 4. The second-order valence-electron chi connectivity index (χ2n) is 2.67. The molecule has 0 saturated carbocycles. The van der Waals surface area contributed by atoms with E-state index in [0.717, 1.165) is 0 Å². The Kier molecular flexibility index (Phi) is 3.45. The molecular weight excluding hydrogens is 292 g/mol. The zero-order valence-corrected chi connectivity index (χ0v) is 9.16. The highest BCUT2D eigenvalue weighted by Gasteiger charge is 2.33. The predicted molar refractivity (Wildman–Crippen MR) is 44.7 cm³/mol. The molecule has 0 bridgehead atoms. The molecule has 0 radical (unpaired) electrons. The molecule has 0 unspecified atom stereocenters. The van der Waals surface area contributed by atoms with Crippen LogP contribution in [0, 0.1) is 23.3 Å². The summed E-state index contributed by atoms with van der Waals surface area (Å²) in [6.07, 6.45) is 0. The zero-order valence-electron chi connectivity index (χ0n) is 7.45. The summed E-state index contributed by atoms with van der Waals surface area (Å²) >= 11 is 0. The van der Waals surface area contributed by atoms with E-state index < -0.39 is 53.9 Å². The lowest BCUT2D eigenvalue weighted by atomic mass is 10.3. The van der Waals surface area contributed by atoms with E-state index in [0.29, 0.717) is 0 Å². The van der Waals surface area contributed by atoms with Gasteiger partial charge in [-0.1, -0.05) is 0 Å². The van der Waals surface area contributed by atoms with E-state index in [4.69, 9.17) is 4.55 Å². The molecule has 11 heteroatoms. The Labute approximate surface area is 93.4 Å². The van der Waals surface area contributed by atoms with Crippen LogP contribution in [0.1, 0.15) is 0 Å². The van der Waals surface area contributed by atoms with Crippen LogP contribution in [0.5, 0.6) is 0 Å². The van der Waals surface area contributed by atoms with Crippen LogP contribution in [0.4, 0.5) is 17.6 Å². The van der Waals surface area contributed by atoms with Gasteiger partial charge < -0.3 is 0 Å². The van der Waals surface area contributed by atoms with Crippen LogP contribution in [-0.4, -0.2) is 21.4 Å². The summed E-state index contributed by atoms with van der Waals surface area (Å²) < 4.78 is 102. The molecule has 96 valence electrons. The molecule has 17 heavy (non-hydrogen) atoms. The Hall–Kier alpha value is -1.20. The van der Waals surface area contributed by atoms with Crippen LogP contribution in [0.25, 0.3) is 0 Å². The van der Waals surface area contributed by atoms with Crippen molar-refractivity contribution >= 4 is 20.8 Å². The summed E-state index contributed by atoms with van der Waals surface area (Å²) in [5, 5.41) is 0. The number of hydrogen-bond donors (Lipinski definition) is 2. The fourth-order valence-corrected chi connectivity index (χ4v) is 2.14. The molecule has 1 aromatic carbocycles. The predicted octanol–water partition coefficient (Wildman–Crippen LogP) is 0.460. The van der Waals surface area contributed by atoms with Crippen molar-refractivity contribution in [1.82, 2.24) is 0 Å². The largest absolute Gasteiger partial charge is 0.300 e. The molecule has 0 aliphatic heterocycles. The fraction of sp³-hybridized carbons (Fsp3) is 0. The van der Waals surface area contributed by atoms with Crippen molar-refractivity contribution in [3.63, 3.8) is 0 Å². The minimum absolute atomic E-state index is 1.96. The molecular formula is C6H2F4O5S2. The molecule has 5 nitrogen and oxygen atoms in total. The first-order valence-electron chi connectivity index (χ1n) is 3.56. The maximum absolute atomic E-state index is 13.0. The van der Waals surface area contributed by atoms with Crippen LogP contribution in [0.15, 0.2) is 9.79 Å². The van der Waals surface area contributed by atoms with Crippen molar-refractivity contribution in [2.75, 3.05) is 0 Å². The van der Waals surface area contributed by atoms with Crippen LogP contribution < -0.4 is 0 Å². The number of rotatable bonds is 2. The lowest BCUT2D eigenvalue weighted by Gasteiger charge is -2.05. The van der Waals surface area contributed by atoms with E-state index in [9.17, 15) is 34.4 Å². The molecule has 0 atom stereocenters. The van der Waals surface area contributed by atoms with Gasteiger partial charge in [0.25, 0.3) is 0 Å². The highest BCUT2D eigenvalue weighted by molar-refractivity contribution is 7.85. The van der Waals surface area contributed by atoms with Gasteiger partial charge in [0.05, 0.1) is 0 Å². The van der Waals surface area contributed by atoms with Gasteiger partial charge >= 0.3 is 10.1 Å². The van der Waals surface area contributed by atoms with Crippen molar-refractivity contribution in [3.05, 3.63) is 23.3 Å². The number of hydrogen-bond acceptors (Lipinski definition) is 4. The van der Waals surface area contributed by atoms with Crippen molar-refractivity contribution in [3.8, 4) is 0 Å². The van der Waals surface area contributed by atoms with Crippen LogP contribution in [-0.2, 0) is 20.8 Å². The molecule has 0 aromatic heterocycles. The Balaban J connectivity index is 3.97. The lowest BCUT2D eigenvalue weighted by Crippen LogP contribution is -2.12. The molecule has 0 spiro atoms. The smallest absolute Gasteiger partial charge is 0.282 e. The average Bonchev–Trinajstić information content (AvgIpc) is 2.12. The van der Waals surface area contributed by atoms with Crippen molar-refractivity contribution in [2.24, 2.45) is 0 Å². The van der Waals surface area contributed by atoms with E-state index in [1.54, 1.807) is 0 Å². The highest BCUT2D eigenvalue weighted by Crippen LogP contribution is 2.28. The third-order valence-electron chi connectivity index (χ3n) is 1.64. The maximum Gasteiger partial charge on any atom is 0.300 e. The molecule has 0 heterocycles. The summed E-state index contributed by atoms with van der Waals surface area (Å²) in [5.74, 6) is -9.87. The third-order valence-corrected chi connectivity index (χ3v) is 3.27. The van der Waals surface area contributed by atoms with E-state index in [1.165, 1.54) is 0 Å². The molecule has 0 fully saturated rings. The Morgan fingerprint density at radius 3 is 1.47 bits per heavy atom. The molecule has 0 amide bonds. The normalized spacial score (nSPS) is 12.1. The first kappa shape index (κ1) is 13.9. The Bertz CT molecular complexity index is 626. The molecule has 0 aliphatic carbocycles. The fourth-order valence-electron chi connectivity index (χ4n) is 0.987. The monoisotopic (exact) mass is 294 g/mol. The van der Waals surface area contributed by atoms with Gasteiger partial charge in [-0.2, -0.15) is 8.42 Å². The second kappa shape index (κ2) is 4.23. The van der Waals surface area contributed by atoms with Crippen LogP contribution in [0.2, 0.25) is 0 Å². The number of benzene rings is 1. The number of thiol groups is 1. The van der Waals surface area contributed by atoms with E-state index in [-0.39, 0.29) is 0 Å². The van der Waals surface area contributed by atoms with Crippen molar-refractivity contribution in [2.45, 2.75) is 9.79 Å². The molecule has 0 saturated heterocycles.